The van der Waals surface area contributed by atoms with E-state index < -0.39 is 11.7 Å². The van der Waals surface area contributed by atoms with Crippen LogP contribution in [0, 0.1) is 0 Å². The van der Waals surface area contributed by atoms with E-state index in [4.69, 9.17) is 14.2 Å². The first kappa shape index (κ1) is 17.2. The van der Waals surface area contributed by atoms with Gasteiger partial charge in [0.2, 0.25) is 0 Å². The molecule has 2 aliphatic rings. The van der Waals surface area contributed by atoms with Crippen LogP contribution in [0.3, 0.4) is 0 Å². The smallest absolute Gasteiger partial charge is 0.337 e. The van der Waals surface area contributed by atoms with E-state index in [0.29, 0.717) is 29.2 Å². The number of urea groups is 1. The molecule has 2 aromatic carbocycles. The van der Waals surface area contributed by atoms with Crippen LogP contribution in [-0.2, 0) is 4.74 Å². The Morgan fingerprint density at radius 3 is 2.63 bits per heavy atom. The molecule has 1 saturated heterocycles. The molecular formula is C20H20N2O5. The lowest BCUT2D eigenvalue weighted by molar-refractivity contribution is 0.0377. The van der Waals surface area contributed by atoms with Crippen molar-refractivity contribution >= 4 is 17.7 Å². The highest BCUT2D eigenvalue weighted by Gasteiger charge is 2.50. The molecule has 2 bridgehead atoms. The van der Waals surface area contributed by atoms with Crippen molar-refractivity contribution in [3.8, 4) is 11.5 Å². The molecule has 2 atom stereocenters. The number of hydrogen-bond acceptors (Lipinski definition) is 5. The molecule has 1 fully saturated rings. The van der Waals surface area contributed by atoms with Crippen molar-refractivity contribution in [2.24, 2.45) is 0 Å². The minimum absolute atomic E-state index is 0.245. The number of rotatable bonds is 3. The Kier molecular flexibility index (Phi) is 3.95. The number of fused-ring (bicyclic) bond motifs is 4. The summed E-state index contributed by atoms with van der Waals surface area (Å²) < 4.78 is 16.2. The average Bonchev–Trinajstić information content (AvgIpc) is 2.67. The lowest BCUT2D eigenvalue weighted by Crippen LogP contribution is -2.65. The number of carbonyl (C=O) groups is 2. The standard InChI is InChI=1S/C20H20N2O5/c1-20-11-16(15-10-12(18(23)26-3)4-9-17(15)27-20)21-19(24)22(20)13-5-7-14(25-2)8-6-13/h4-10,16H,11H2,1-3H3,(H,21,24)/t16-,20-/m0/s1. The number of amides is 2. The van der Waals surface area contributed by atoms with Crippen LogP contribution in [0.4, 0.5) is 10.5 Å². The van der Waals surface area contributed by atoms with Gasteiger partial charge in [0.1, 0.15) is 11.5 Å². The highest BCUT2D eigenvalue weighted by atomic mass is 16.5. The van der Waals surface area contributed by atoms with Gasteiger partial charge in [-0.3, -0.25) is 4.90 Å². The van der Waals surface area contributed by atoms with Crippen LogP contribution in [0.25, 0.3) is 0 Å². The van der Waals surface area contributed by atoms with Crippen molar-refractivity contribution in [2.75, 3.05) is 19.1 Å². The second-order valence-electron chi connectivity index (χ2n) is 6.76. The zero-order valence-corrected chi connectivity index (χ0v) is 15.3. The van der Waals surface area contributed by atoms with Gasteiger partial charge in [-0.1, -0.05) is 0 Å². The molecular weight excluding hydrogens is 348 g/mol. The molecule has 0 aliphatic carbocycles. The first-order valence-electron chi connectivity index (χ1n) is 8.61. The quantitative estimate of drug-likeness (QED) is 0.842. The van der Waals surface area contributed by atoms with Gasteiger partial charge >= 0.3 is 12.0 Å². The summed E-state index contributed by atoms with van der Waals surface area (Å²) >= 11 is 0. The van der Waals surface area contributed by atoms with Gasteiger partial charge in [-0.25, -0.2) is 9.59 Å². The average molecular weight is 368 g/mol. The molecule has 7 heteroatoms. The summed E-state index contributed by atoms with van der Waals surface area (Å²) in [6.45, 7) is 1.89. The van der Waals surface area contributed by atoms with E-state index in [-0.39, 0.29) is 12.1 Å². The number of anilines is 1. The number of methoxy groups -OCH3 is 2. The van der Waals surface area contributed by atoms with E-state index in [0.717, 1.165) is 5.56 Å². The van der Waals surface area contributed by atoms with Crippen molar-refractivity contribution in [1.82, 2.24) is 5.32 Å². The second-order valence-corrected chi connectivity index (χ2v) is 6.76. The lowest BCUT2D eigenvalue weighted by Gasteiger charge is -2.50. The fourth-order valence-corrected chi connectivity index (χ4v) is 3.74. The normalized spacial score (nSPS) is 23.0. The van der Waals surface area contributed by atoms with E-state index in [1.54, 1.807) is 42.3 Å². The van der Waals surface area contributed by atoms with Crippen LogP contribution in [0.1, 0.15) is 35.3 Å². The summed E-state index contributed by atoms with van der Waals surface area (Å²) in [4.78, 5) is 26.3. The zero-order valence-electron chi connectivity index (χ0n) is 15.3. The fourth-order valence-electron chi connectivity index (χ4n) is 3.74. The van der Waals surface area contributed by atoms with Crippen molar-refractivity contribution < 1.29 is 23.8 Å². The minimum atomic E-state index is -0.846. The highest BCUT2D eigenvalue weighted by Crippen LogP contribution is 2.45. The predicted octanol–water partition coefficient (Wildman–Crippen LogP) is 3.25. The lowest BCUT2D eigenvalue weighted by atomic mass is 9.89. The monoisotopic (exact) mass is 368 g/mol. The van der Waals surface area contributed by atoms with Crippen molar-refractivity contribution in [3.63, 3.8) is 0 Å². The Hall–Kier alpha value is -3.22. The number of esters is 1. The highest BCUT2D eigenvalue weighted by molar-refractivity contribution is 5.95. The number of hydrogen-bond donors (Lipinski definition) is 1. The molecule has 1 N–H and O–H groups in total. The molecule has 0 aromatic heterocycles. The third kappa shape index (κ3) is 2.75. The first-order chi connectivity index (χ1) is 12.9. The molecule has 27 heavy (non-hydrogen) atoms. The Bertz CT molecular complexity index is 911. The number of nitrogens with zero attached hydrogens (tertiary/aromatic N) is 1. The molecule has 7 nitrogen and oxygen atoms in total. The molecule has 0 spiro atoms. The van der Waals surface area contributed by atoms with E-state index in [1.165, 1.54) is 7.11 Å². The van der Waals surface area contributed by atoms with E-state index in [9.17, 15) is 9.59 Å². The summed E-state index contributed by atoms with van der Waals surface area (Å²) in [5.41, 5.74) is 1.07. The van der Waals surface area contributed by atoms with Gasteiger partial charge in [0.15, 0.2) is 5.72 Å². The maximum atomic E-state index is 12.9. The van der Waals surface area contributed by atoms with Gasteiger partial charge in [0.05, 0.1) is 25.8 Å². The van der Waals surface area contributed by atoms with Crippen LogP contribution >= 0.6 is 0 Å². The third-order valence-electron chi connectivity index (χ3n) is 5.02. The van der Waals surface area contributed by atoms with Gasteiger partial charge in [-0.15, -0.1) is 0 Å². The van der Waals surface area contributed by atoms with Crippen molar-refractivity contribution in [3.05, 3.63) is 53.6 Å². The largest absolute Gasteiger partial charge is 0.497 e. The van der Waals surface area contributed by atoms with Crippen LogP contribution in [-0.4, -0.2) is 31.9 Å². The van der Waals surface area contributed by atoms with E-state index in [2.05, 4.69) is 5.32 Å². The summed E-state index contributed by atoms with van der Waals surface area (Å²) in [5, 5.41) is 3.01. The summed E-state index contributed by atoms with van der Waals surface area (Å²) in [6, 6.07) is 11.9. The second kappa shape index (κ2) is 6.19. The minimum Gasteiger partial charge on any atom is -0.497 e. The molecule has 140 valence electrons. The molecule has 0 saturated carbocycles. The van der Waals surface area contributed by atoms with Crippen LogP contribution in [0.2, 0.25) is 0 Å². The van der Waals surface area contributed by atoms with E-state index >= 15 is 0 Å². The van der Waals surface area contributed by atoms with Crippen LogP contribution in [0.5, 0.6) is 11.5 Å². The Labute approximate surface area is 156 Å². The van der Waals surface area contributed by atoms with Gasteiger partial charge in [-0.2, -0.15) is 0 Å². The topological polar surface area (TPSA) is 77.1 Å². The van der Waals surface area contributed by atoms with Crippen molar-refractivity contribution in [2.45, 2.75) is 25.1 Å². The van der Waals surface area contributed by atoms with Gasteiger partial charge in [0.25, 0.3) is 0 Å². The number of nitrogens with one attached hydrogen (secondary N) is 1. The maximum absolute atomic E-state index is 12.9. The molecule has 2 aromatic rings. The summed E-state index contributed by atoms with van der Waals surface area (Å²) in [6.07, 6.45) is 0.544. The number of ether oxygens (including phenoxy) is 3. The molecule has 2 amide bonds. The molecule has 0 radical (unpaired) electrons. The molecule has 4 rings (SSSR count). The van der Waals surface area contributed by atoms with Gasteiger partial charge in [0, 0.05) is 17.7 Å². The Morgan fingerprint density at radius 1 is 1.22 bits per heavy atom. The predicted molar refractivity (Wildman–Crippen MR) is 98.2 cm³/mol. The summed E-state index contributed by atoms with van der Waals surface area (Å²) in [7, 11) is 2.93. The van der Waals surface area contributed by atoms with Crippen LogP contribution in [0.15, 0.2) is 42.5 Å². The van der Waals surface area contributed by atoms with Crippen LogP contribution < -0.4 is 19.7 Å². The third-order valence-corrected chi connectivity index (χ3v) is 5.02. The maximum Gasteiger partial charge on any atom is 0.337 e. The number of carbonyl (C=O) groups excluding carboxylic acids is 2. The molecule has 0 unspecified atom stereocenters. The van der Waals surface area contributed by atoms with Gasteiger partial charge in [-0.05, 0) is 49.4 Å². The molecule has 2 aliphatic heterocycles. The Balaban J connectivity index is 1.72. The SMILES string of the molecule is COC(=O)c1ccc2c(c1)[C@@H]1C[C@](C)(O2)N(c2ccc(OC)cc2)C(=O)N1. The van der Waals surface area contributed by atoms with Gasteiger partial charge < -0.3 is 19.5 Å². The zero-order chi connectivity index (χ0) is 19.2. The summed E-state index contributed by atoms with van der Waals surface area (Å²) in [5.74, 6) is 0.928. The van der Waals surface area contributed by atoms with Crippen molar-refractivity contribution in [1.29, 1.82) is 0 Å². The molecule has 2 heterocycles. The fraction of sp³-hybridized carbons (Fsp3) is 0.300. The Morgan fingerprint density at radius 2 is 1.96 bits per heavy atom. The van der Waals surface area contributed by atoms with E-state index in [1.807, 2.05) is 19.1 Å². The first-order valence-corrected chi connectivity index (χ1v) is 8.61. The number of benzene rings is 2.